The molecule has 8 nitrogen and oxygen atoms in total. The average molecular weight is 485 g/mol. The molecule has 3 rings (SSSR count). The number of amidine groups is 1. The van der Waals surface area contributed by atoms with Gasteiger partial charge >= 0.3 is 5.97 Å². The van der Waals surface area contributed by atoms with Crippen LogP contribution in [0.2, 0.25) is 0 Å². The first-order valence-corrected chi connectivity index (χ1v) is 12.8. The summed E-state index contributed by atoms with van der Waals surface area (Å²) in [7, 11) is 0. The lowest BCUT2D eigenvalue weighted by Crippen LogP contribution is -2.56. The maximum atomic E-state index is 13.8. The number of nitrogens with zero attached hydrogens (tertiary/aromatic N) is 1. The van der Waals surface area contributed by atoms with Gasteiger partial charge in [0.05, 0.1) is 5.92 Å². The van der Waals surface area contributed by atoms with Gasteiger partial charge in [0.25, 0.3) is 5.91 Å². The van der Waals surface area contributed by atoms with Crippen LogP contribution in [-0.2, 0) is 9.59 Å². The predicted octanol–water partition coefficient (Wildman–Crippen LogP) is 3.78. The number of piperidine rings is 1. The molecule has 35 heavy (non-hydrogen) atoms. The Morgan fingerprint density at radius 2 is 1.60 bits per heavy atom. The van der Waals surface area contributed by atoms with Crippen molar-refractivity contribution < 1.29 is 19.5 Å². The van der Waals surface area contributed by atoms with Gasteiger partial charge in [0.15, 0.2) is 0 Å². The van der Waals surface area contributed by atoms with Crippen LogP contribution in [0.25, 0.3) is 0 Å². The fraction of sp³-hybridized carbons (Fsp3) is 0.630. The number of aliphatic carboxylic acids is 1. The summed E-state index contributed by atoms with van der Waals surface area (Å²) in [5.74, 6) is -0.824. The molecule has 8 heteroatoms. The van der Waals surface area contributed by atoms with E-state index >= 15 is 0 Å². The van der Waals surface area contributed by atoms with Crippen LogP contribution in [0.4, 0.5) is 0 Å². The van der Waals surface area contributed by atoms with Crippen LogP contribution < -0.4 is 11.1 Å². The lowest BCUT2D eigenvalue weighted by atomic mass is 9.75. The van der Waals surface area contributed by atoms with E-state index in [1.165, 1.54) is 19.3 Å². The van der Waals surface area contributed by atoms with Crippen molar-refractivity contribution in [3.8, 4) is 0 Å². The van der Waals surface area contributed by atoms with E-state index in [0.717, 1.165) is 19.3 Å². The molecule has 0 radical (unpaired) electrons. The molecule has 2 aliphatic rings. The molecule has 1 aromatic rings. The highest BCUT2D eigenvalue weighted by atomic mass is 16.4. The molecule has 1 aliphatic carbocycles. The second kappa shape index (κ2) is 11.7. The number of carboxylic acid groups (broad SMARTS) is 1. The van der Waals surface area contributed by atoms with Gasteiger partial charge in [-0.3, -0.25) is 19.8 Å². The van der Waals surface area contributed by atoms with E-state index in [-0.39, 0.29) is 35.9 Å². The molecule has 0 bridgehead atoms. The third kappa shape index (κ3) is 7.29. The minimum atomic E-state index is -0.787. The van der Waals surface area contributed by atoms with Crippen LogP contribution in [0, 0.1) is 23.2 Å². The van der Waals surface area contributed by atoms with E-state index in [1.807, 2.05) is 18.7 Å². The summed E-state index contributed by atoms with van der Waals surface area (Å²) in [6, 6.07) is 6.59. The molecule has 1 saturated heterocycles. The van der Waals surface area contributed by atoms with Crippen molar-refractivity contribution in [1.29, 1.82) is 5.41 Å². The van der Waals surface area contributed by atoms with Gasteiger partial charge in [0.2, 0.25) is 5.91 Å². The third-order valence-corrected chi connectivity index (χ3v) is 7.75. The maximum absolute atomic E-state index is 13.8. The van der Waals surface area contributed by atoms with Crippen LogP contribution in [-0.4, -0.2) is 52.3 Å². The number of carboxylic acids is 1. The largest absolute Gasteiger partial charge is 0.481 e. The van der Waals surface area contributed by atoms with Crippen LogP contribution in [0.1, 0.15) is 87.6 Å². The van der Waals surface area contributed by atoms with Crippen LogP contribution in [0.5, 0.6) is 0 Å². The van der Waals surface area contributed by atoms with Gasteiger partial charge in [-0.25, -0.2) is 0 Å². The summed E-state index contributed by atoms with van der Waals surface area (Å²) in [5.41, 5.74) is 5.77. The molecule has 0 spiro atoms. The second-order valence-electron chi connectivity index (χ2n) is 10.8. The van der Waals surface area contributed by atoms with Crippen molar-refractivity contribution in [2.45, 2.75) is 77.2 Å². The molecule has 5 N–H and O–H groups in total. The highest BCUT2D eigenvalue weighted by Crippen LogP contribution is 2.35. The summed E-state index contributed by atoms with van der Waals surface area (Å²) in [4.78, 5) is 39.9. The molecule has 192 valence electrons. The molecule has 1 saturated carbocycles. The average Bonchev–Trinajstić information content (AvgIpc) is 2.82. The smallest absolute Gasteiger partial charge is 0.303 e. The van der Waals surface area contributed by atoms with Crippen LogP contribution in [0.3, 0.4) is 0 Å². The topological polar surface area (TPSA) is 137 Å². The number of rotatable bonds is 9. The quantitative estimate of drug-likeness (QED) is 0.312. The molecular weight excluding hydrogens is 444 g/mol. The zero-order valence-electron chi connectivity index (χ0n) is 21.0. The Bertz CT molecular complexity index is 914. The highest BCUT2D eigenvalue weighted by molar-refractivity contribution is 5.98. The number of amides is 2. The number of likely N-dealkylation sites (tertiary alicyclic amines) is 1. The molecular formula is C27H40N4O4. The molecule has 1 heterocycles. The van der Waals surface area contributed by atoms with Gasteiger partial charge in [0, 0.05) is 36.2 Å². The van der Waals surface area contributed by atoms with E-state index in [4.69, 9.17) is 16.2 Å². The monoisotopic (exact) mass is 484 g/mol. The number of benzene rings is 1. The van der Waals surface area contributed by atoms with Gasteiger partial charge in [-0.15, -0.1) is 0 Å². The van der Waals surface area contributed by atoms with Crippen molar-refractivity contribution in [3.05, 3.63) is 35.4 Å². The number of hydrogen-bond acceptors (Lipinski definition) is 4. The number of nitrogens with two attached hydrogens (primary N) is 1. The first-order valence-electron chi connectivity index (χ1n) is 12.8. The van der Waals surface area contributed by atoms with Gasteiger partial charge in [-0.05, 0) is 57.1 Å². The summed E-state index contributed by atoms with van der Waals surface area (Å²) < 4.78 is 0. The summed E-state index contributed by atoms with van der Waals surface area (Å²) in [6.45, 7) is 4.98. The van der Waals surface area contributed by atoms with Crippen molar-refractivity contribution in [2.75, 3.05) is 13.1 Å². The lowest BCUT2D eigenvalue weighted by Gasteiger charge is -2.41. The standard InChI is InChI=1S/C27H40N4O4/c1-27(2,30-25(34)21-10-8-20(9-11-21)24(28)29)22(16-18-6-4-3-5-7-18)26(35)31-14-12-19(13-15-31)17-23(32)33/h8-11,18-19,22H,3-7,12-17H2,1-2H3,(H3,28,29)(H,30,34)(H,32,33). The fourth-order valence-electron chi connectivity index (χ4n) is 5.54. The Hall–Kier alpha value is -2.90. The summed E-state index contributed by atoms with van der Waals surface area (Å²) >= 11 is 0. The SMILES string of the molecule is CC(C)(NC(=O)c1ccc(C(=N)N)cc1)C(CC1CCCCC1)C(=O)N1CCC(CC(=O)O)CC1. The van der Waals surface area contributed by atoms with Gasteiger partial charge in [-0.2, -0.15) is 0 Å². The molecule has 2 amide bonds. The van der Waals surface area contributed by atoms with Crippen LogP contribution in [0.15, 0.2) is 24.3 Å². The Morgan fingerprint density at radius 1 is 1.03 bits per heavy atom. The molecule has 1 unspecified atom stereocenters. The second-order valence-corrected chi connectivity index (χ2v) is 10.8. The van der Waals surface area contributed by atoms with Gasteiger partial charge in [-0.1, -0.05) is 44.2 Å². The molecule has 2 fully saturated rings. The number of carbonyl (C=O) groups excluding carboxylic acids is 2. The van der Waals surface area contributed by atoms with Crippen molar-refractivity contribution >= 4 is 23.6 Å². The third-order valence-electron chi connectivity index (χ3n) is 7.75. The Balaban J connectivity index is 1.74. The number of hydrogen-bond donors (Lipinski definition) is 4. The van der Waals surface area contributed by atoms with Gasteiger partial charge < -0.3 is 21.1 Å². The molecule has 1 aromatic carbocycles. The summed E-state index contributed by atoms with van der Waals surface area (Å²) in [5, 5.41) is 19.7. The first-order chi connectivity index (χ1) is 16.6. The zero-order valence-corrected chi connectivity index (χ0v) is 21.0. The van der Waals surface area contributed by atoms with Crippen molar-refractivity contribution in [2.24, 2.45) is 23.5 Å². The Kier molecular flexibility index (Phi) is 8.92. The molecule has 1 atom stereocenters. The van der Waals surface area contributed by atoms with Gasteiger partial charge in [0.1, 0.15) is 5.84 Å². The highest BCUT2D eigenvalue weighted by Gasteiger charge is 2.41. The number of nitrogens with one attached hydrogen (secondary N) is 2. The minimum absolute atomic E-state index is 0.0532. The van der Waals surface area contributed by atoms with E-state index in [1.54, 1.807) is 24.3 Å². The summed E-state index contributed by atoms with van der Waals surface area (Å²) in [6.07, 6.45) is 8.11. The van der Waals surface area contributed by atoms with E-state index in [0.29, 0.717) is 43.0 Å². The van der Waals surface area contributed by atoms with E-state index < -0.39 is 11.5 Å². The zero-order chi connectivity index (χ0) is 25.6. The minimum Gasteiger partial charge on any atom is -0.481 e. The first kappa shape index (κ1) is 26.7. The van der Waals surface area contributed by atoms with E-state index in [2.05, 4.69) is 5.32 Å². The predicted molar refractivity (Wildman–Crippen MR) is 135 cm³/mol. The number of nitrogen functional groups attached to an aromatic ring is 1. The normalized spacial score (nSPS) is 18.6. The molecule has 0 aromatic heterocycles. The van der Waals surface area contributed by atoms with E-state index in [9.17, 15) is 14.4 Å². The van der Waals surface area contributed by atoms with Crippen LogP contribution >= 0.6 is 0 Å². The van der Waals surface area contributed by atoms with Crippen molar-refractivity contribution in [3.63, 3.8) is 0 Å². The van der Waals surface area contributed by atoms with Crippen molar-refractivity contribution in [1.82, 2.24) is 10.2 Å². The maximum Gasteiger partial charge on any atom is 0.303 e. The molecule has 1 aliphatic heterocycles. The number of carbonyl (C=O) groups is 3. The Labute approximate surface area is 208 Å². The Morgan fingerprint density at radius 3 is 2.14 bits per heavy atom. The fourth-order valence-corrected chi connectivity index (χ4v) is 5.54. The lowest BCUT2D eigenvalue weighted by molar-refractivity contribution is -0.141.